The van der Waals surface area contributed by atoms with Crippen LogP contribution in [0.5, 0.6) is 5.75 Å². The number of halogens is 2. The molecule has 1 heterocycles. The number of ether oxygens (including phenoxy) is 1. The van der Waals surface area contributed by atoms with Gasteiger partial charge in [0.25, 0.3) is 0 Å². The molecule has 0 bridgehead atoms. The molecule has 0 fully saturated rings. The number of aromatic nitrogens is 2. The number of rotatable bonds is 6. The molecule has 1 aromatic heterocycles. The van der Waals surface area contributed by atoms with Gasteiger partial charge in [-0.1, -0.05) is 30.1 Å². The van der Waals surface area contributed by atoms with E-state index in [0.717, 1.165) is 17.8 Å². The standard InChI is InChI=1S/C15H16Cl2N2O2/c1-3-13-15(17)14(19(2)18-13)8-11(20)9-21-12-6-4-10(16)5-7-12/h4-7H,3,8-9H2,1-2H3. The van der Waals surface area contributed by atoms with Crippen LogP contribution in [0.25, 0.3) is 0 Å². The first kappa shape index (κ1) is 15.9. The molecule has 0 radical (unpaired) electrons. The lowest BCUT2D eigenvalue weighted by atomic mass is 10.2. The summed E-state index contributed by atoms with van der Waals surface area (Å²) in [6, 6.07) is 6.88. The molecule has 2 rings (SSSR count). The summed E-state index contributed by atoms with van der Waals surface area (Å²) in [6.45, 7) is 1.97. The summed E-state index contributed by atoms with van der Waals surface area (Å²) >= 11 is 12.0. The maximum Gasteiger partial charge on any atom is 0.176 e. The van der Waals surface area contributed by atoms with Crippen molar-refractivity contribution in [2.75, 3.05) is 6.61 Å². The van der Waals surface area contributed by atoms with Gasteiger partial charge in [0, 0.05) is 12.1 Å². The Morgan fingerprint density at radius 3 is 2.52 bits per heavy atom. The smallest absolute Gasteiger partial charge is 0.176 e. The van der Waals surface area contributed by atoms with Crippen LogP contribution in [0.4, 0.5) is 0 Å². The number of benzene rings is 1. The van der Waals surface area contributed by atoms with Gasteiger partial charge >= 0.3 is 0 Å². The summed E-state index contributed by atoms with van der Waals surface area (Å²) < 4.78 is 7.08. The molecule has 0 aliphatic rings. The molecule has 21 heavy (non-hydrogen) atoms. The summed E-state index contributed by atoms with van der Waals surface area (Å²) in [7, 11) is 1.79. The lowest BCUT2D eigenvalue weighted by Crippen LogP contribution is -2.16. The van der Waals surface area contributed by atoms with Crippen LogP contribution in [-0.4, -0.2) is 22.2 Å². The van der Waals surface area contributed by atoms with Crippen molar-refractivity contribution in [3.05, 3.63) is 45.7 Å². The summed E-state index contributed by atoms with van der Waals surface area (Å²) in [5.41, 5.74) is 1.53. The Morgan fingerprint density at radius 1 is 1.29 bits per heavy atom. The summed E-state index contributed by atoms with van der Waals surface area (Å²) in [5.74, 6) is 0.551. The molecule has 112 valence electrons. The van der Waals surface area contributed by atoms with Gasteiger partial charge < -0.3 is 4.74 Å². The van der Waals surface area contributed by atoms with Crippen LogP contribution in [0.15, 0.2) is 24.3 Å². The van der Waals surface area contributed by atoms with E-state index in [1.807, 2.05) is 6.92 Å². The number of ketones is 1. The van der Waals surface area contributed by atoms with Crippen molar-refractivity contribution >= 4 is 29.0 Å². The number of nitrogens with zero attached hydrogens (tertiary/aromatic N) is 2. The normalized spacial score (nSPS) is 10.7. The minimum atomic E-state index is -0.0579. The Bertz CT molecular complexity index is 636. The second kappa shape index (κ2) is 6.96. The number of carbonyl (C=O) groups excluding carboxylic acids is 1. The zero-order valence-corrected chi connectivity index (χ0v) is 13.4. The van der Waals surface area contributed by atoms with Crippen LogP contribution in [0.2, 0.25) is 10.0 Å². The van der Waals surface area contributed by atoms with Gasteiger partial charge in [-0.05, 0) is 30.7 Å². The minimum absolute atomic E-state index is 0.00933. The van der Waals surface area contributed by atoms with Gasteiger partial charge in [0.15, 0.2) is 5.78 Å². The highest BCUT2D eigenvalue weighted by atomic mass is 35.5. The average Bonchev–Trinajstić information content (AvgIpc) is 2.74. The van der Waals surface area contributed by atoms with Gasteiger partial charge in [-0.2, -0.15) is 5.10 Å². The van der Waals surface area contributed by atoms with Crippen molar-refractivity contribution in [2.24, 2.45) is 7.05 Å². The van der Waals surface area contributed by atoms with Crippen molar-refractivity contribution in [1.82, 2.24) is 9.78 Å². The van der Waals surface area contributed by atoms with Gasteiger partial charge in [0.1, 0.15) is 12.4 Å². The van der Waals surface area contributed by atoms with Crippen molar-refractivity contribution in [3.8, 4) is 5.75 Å². The zero-order valence-electron chi connectivity index (χ0n) is 11.9. The number of carbonyl (C=O) groups is 1. The van der Waals surface area contributed by atoms with Crippen LogP contribution in [-0.2, 0) is 24.7 Å². The molecular formula is C15H16Cl2N2O2. The Kier molecular flexibility index (Phi) is 5.26. The van der Waals surface area contributed by atoms with E-state index in [9.17, 15) is 4.79 Å². The SMILES string of the molecule is CCc1nn(C)c(CC(=O)COc2ccc(Cl)cc2)c1Cl. The highest BCUT2D eigenvalue weighted by Crippen LogP contribution is 2.21. The van der Waals surface area contributed by atoms with Crippen LogP contribution < -0.4 is 4.74 Å². The molecule has 1 aromatic carbocycles. The highest BCUT2D eigenvalue weighted by molar-refractivity contribution is 6.32. The molecule has 6 heteroatoms. The van der Waals surface area contributed by atoms with E-state index in [-0.39, 0.29) is 18.8 Å². The molecule has 0 atom stereocenters. The molecule has 0 N–H and O–H groups in total. The van der Waals surface area contributed by atoms with Crippen LogP contribution in [0, 0.1) is 0 Å². The lowest BCUT2D eigenvalue weighted by molar-refractivity contribution is -0.120. The Balaban J connectivity index is 1.96. The molecular weight excluding hydrogens is 311 g/mol. The van der Waals surface area contributed by atoms with E-state index in [0.29, 0.717) is 15.8 Å². The molecule has 0 saturated carbocycles. The van der Waals surface area contributed by atoms with E-state index in [2.05, 4.69) is 5.10 Å². The molecule has 0 saturated heterocycles. The third kappa shape index (κ3) is 3.99. The molecule has 0 spiro atoms. The first-order valence-electron chi connectivity index (χ1n) is 6.61. The minimum Gasteiger partial charge on any atom is -0.486 e. The first-order valence-corrected chi connectivity index (χ1v) is 7.37. The van der Waals surface area contributed by atoms with Gasteiger partial charge in [-0.3, -0.25) is 9.48 Å². The third-order valence-electron chi connectivity index (χ3n) is 3.08. The van der Waals surface area contributed by atoms with Crippen molar-refractivity contribution in [1.29, 1.82) is 0 Å². The van der Waals surface area contributed by atoms with E-state index in [1.54, 1.807) is 36.0 Å². The zero-order chi connectivity index (χ0) is 15.4. The van der Waals surface area contributed by atoms with Gasteiger partial charge in [-0.15, -0.1) is 0 Å². The lowest BCUT2D eigenvalue weighted by Gasteiger charge is -2.06. The molecule has 0 aliphatic carbocycles. The Hall–Kier alpha value is -1.52. The predicted octanol–water partition coefficient (Wildman–Crippen LogP) is 3.48. The molecule has 2 aromatic rings. The largest absolute Gasteiger partial charge is 0.486 e. The van der Waals surface area contributed by atoms with Gasteiger partial charge in [-0.25, -0.2) is 0 Å². The van der Waals surface area contributed by atoms with Crippen LogP contribution in [0.3, 0.4) is 0 Å². The summed E-state index contributed by atoms with van der Waals surface area (Å²) in [6.07, 6.45) is 0.943. The summed E-state index contributed by atoms with van der Waals surface area (Å²) in [5, 5.41) is 5.48. The fourth-order valence-corrected chi connectivity index (χ4v) is 2.43. The van der Waals surface area contributed by atoms with E-state index in [1.165, 1.54) is 0 Å². The molecule has 0 amide bonds. The van der Waals surface area contributed by atoms with E-state index >= 15 is 0 Å². The molecule has 0 aliphatic heterocycles. The maximum absolute atomic E-state index is 12.0. The third-order valence-corrected chi connectivity index (χ3v) is 3.77. The first-order chi connectivity index (χ1) is 10.0. The van der Waals surface area contributed by atoms with Crippen molar-refractivity contribution < 1.29 is 9.53 Å². The van der Waals surface area contributed by atoms with Crippen molar-refractivity contribution in [2.45, 2.75) is 19.8 Å². The number of aryl methyl sites for hydroxylation is 2. The van der Waals surface area contributed by atoms with Gasteiger partial charge in [0.2, 0.25) is 0 Å². The second-order valence-corrected chi connectivity index (χ2v) is 5.46. The Morgan fingerprint density at radius 2 is 1.95 bits per heavy atom. The number of hydrogen-bond donors (Lipinski definition) is 0. The Labute approximate surface area is 133 Å². The number of hydrogen-bond acceptors (Lipinski definition) is 3. The quantitative estimate of drug-likeness (QED) is 0.816. The predicted molar refractivity (Wildman–Crippen MR) is 83.3 cm³/mol. The fraction of sp³-hybridized carbons (Fsp3) is 0.333. The molecule has 0 unspecified atom stereocenters. The van der Waals surface area contributed by atoms with Crippen LogP contribution in [0.1, 0.15) is 18.3 Å². The topological polar surface area (TPSA) is 44.1 Å². The van der Waals surface area contributed by atoms with Crippen molar-refractivity contribution in [3.63, 3.8) is 0 Å². The van der Waals surface area contributed by atoms with Gasteiger partial charge in [0.05, 0.1) is 22.8 Å². The second-order valence-electron chi connectivity index (χ2n) is 4.64. The van der Waals surface area contributed by atoms with E-state index in [4.69, 9.17) is 27.9 Å². The maximum atomic E-state index is 12.0. The highest BCUT2D eigenvalue weighted by Gasteiger charge is 2.16. The fourth-order valence-electron chi connectivity index (χ4n) is 1.94. The number of Topliss-reactive ketones (excluding diaryl/α,β-unsaturated/α-hetero) is 1. The average molecular weight is 327 g/mol. The van der Waals surface area contributed by atoms with E-state index < -0.39 is 0 Å². The summed E-state index contributed by atoms with van der Waals surface area (Å²) in [4.78, 5) is 12.0. The van der Waals surface area contributed by atoms with Crippen LogP contribution >= 0.6 is 23.2 Å². The monoisotopic (exact) mass is 326 g/mol. The molecule has 4 nitrogen and oxygen atoms in total.